The zero-order valence-corrected chi connectivity index (χ0v) is 8.66. The van der Waals surface area contributed by atoms with E-state index in [4.69, 9.17) is 15.8 Å². The highest BCUT2D eigenvalue weighted by atomic mass is 35.7. The van der Waals surface area contributed by atoms with Crippen LogP contribution in [0.4, 0.5) is 4.79 Å². The first-order valence-corrected chi connectivity index (χ1v) is 5.57. The molecule has 70 valence electrons. The highest BCUT2D eigenvalue weighted by molar-refractivity contribution is 8.17. The molecule has 0 unspecified atom stereocenters. The lowest BCUT2D eigenvalue weighted by atomic mass is 10.4. The number of halogens is 1. The Kier molecular flexibility index (Phi) is 4.27. The molecule has 0 radical (unpaired) electrons. The third-order valence-electron chi connectivity index (χ3n) is 1.13. The number of carbonyl (C=O) groups is 1. The number of carboxylic acid groups (broad SMARTS) is 1. The molecular weight excluding hydrogens is 232 g/mol. The summed E-state index contributed by atoms with van der Waals surface area (Å²) in [5.41, 5.74) is 0. The molecule has 0 spiro atoms. The number of benzene rings is 1. The van der Waals surface area contributed by atoms with E-state index in [1.807, 2.05) is 11.8 Å². The monoisotopic (exact) mass is 236 g/mol. The molecule has 3 nitrogen and oxygen atoms in total. The second-order valence-corrected chi connectivity index (χ2v) is 3.72. The van der Waals surface area contributed by atoms with Gasteiger partial charge in [0, 0.05) is 20.5 Å². The van der Waals surface area contributed by atoms with Gasteiger partial charge in [-0.3, -0.25) is 0 Å². The normalized spacial score (nSPS) is 10.5. The number of hydrogen-bond donors (Lipinski definition) is 1. The third kappa shape index (κ3) is 4.31. The first kappa shape index (κ1) is 10.6. The van der Waals surface area contributed by atoms with E-state index in [0.29, 0.717) is 0 Å². The Labute approximate surface area is 88.1 Å². The average molecular weight is 237 g/mol. The Bertz CT molecular complexity index is 285. The van der Waals surface area contributed by atoms with Gasteiger partial charge in [0.25, 0.3) is 0 Å². The fourth-order valence-electron chi connectivity index (χ4n) is 0.638. The summed E-state index contributed by atoms with van der Waals surface area (Å²) in [5, 5.41) is 7.59. The van der Waals surface area contributed by atoms with E-state index in [0.717, 1.165) is 0 Å². The van der Waals surface area contributed by atoms with Gasteiger partial charge in [-0.1, -0.05) is 23.9 Å². The zero-order chi connectivity index (χ0) is 9.68. The van der Waals surface area contributed by atoms with Gasteiger partial charge in [-0.25, -0.2) is 4.79 Å². The molecule has 1 aliphatic heterocycles. The molecule has 0 saturated carbocycles. The van der Waals surface area contributed by atoms with Crippen molar-refractivity contribution in [1.82, 2.24) is 0 Å². The van der Waals surface area contributed by atoms with Crippen LogP contribution in [0.1, 0.15) is 0 Å². The van der Waals surface area contributed by atoms with E-state index < -0.39 is 6.16 Å². The lowest BCUT2D eigenvalue weighted by molar-refractivity contribution is 0.153. The molecule has 0 atom stereocenters. The van der Waals surface area contributed by atoms with Crippen LogP contribution in [0.25, 0.3) is 0 Å². The van der Waals surface area contributed by atoms with Crippen molar-refractivity contribution in [3.63, 3.8) is 0 Å². The summed E-state index contributed by atoms with van der Waals surface area (Å²) in [6, 6.07) is 8.41. The van der Waals surface area contributed by atoms with Crippen LogP contribution in [0.3, 0.4) is 0 Å². The van der Waals surface area contributed by atoms with E-state index in [1.54, 1.807) is 0 Å². The van der Waals surface area contributed by atoms with Gasteiger partial charge in [0.15, 0.2) is 11.3 Å². The Hall–Kier alpha value is -0.520. The molecule has 1 aromatic carbocycles. The third-order valence-corrected chi connectivity index (χ3v) is 2.47. The first-order chi connectivity index (χ1) is 6.24. The second kappa shape index (κ2) is 5.26. The van der Waals surface area contributed by atoms with Crippen molar-refractivity contribution in [2.24, 2.45) is 0 Å². The SMILES string of the molecule is O=C(O)OSCl.c1ccc2c(c1)S2. The van der Waals surface area contributed by atoms with Gasteiger partial charge in [0.1, 0.15) is 0 Å². The van der Waals surface area contributed by atoms with Crippen LogP contribution in [-0.2, 0) is 4.18 Å². The Morgan fingerprint density at radius 2 is 2.00 bits per heavy atom. The maximum Gasteiger partial charge on any atom is 0.519 e. The van der Waals surface area contributed by atoms with Crippen LogP contribution in [0.5, 0.6) is 0 Å². The lowest BCUT2D eigenvalue weighted by Crippen LogP contribution is -1.87. The van der Waals surface area contributed by atoms with Crippen LogP contribution in [0, 0.1) is 0 Å². The van der Waals surface area contributed by atoms with Crippen molar-refractivity contribution in [3.8, 4) is 0 Å². The van der Waals surface area contributed by atoms with Crippen LogP contribution in [0.2, 0.25) is 0 Å². The minimum absolute atomic E-state index is 0.282. The van der Waals surface area contributed by atoms with E-state index in [2.05, 4.69) is 28.4 Å². The predicted molar refractivity (Wildman–Crippen MR) is 53.1 cm³/mol. The summed E-state index contributed by atoms with van der Waals surface area (Å²) in [5.74, 6) is 0. The molecule has 0 saturated heterocycles. The molecule has 13 heavy (non-hydrogen) atoms. The Morgan fingerprint density at radius 1 is 1.46 bits per heavy atom. The fourth-order valence-corrected chi connectivity index (χ4v) is 1.47. The van der Waals surface area contributed by atoms with E-state index >= 15 is 0 Å². The molecule has 1 aromatic rings. The number of rotatable bonds is 1. The van der Waals surface area contributed by atoms with Crippen molar-refractivity contribution in [2.45, 2.75) is 9.79 Å². The topological polar surface area (TPSA) is 46.5 Å². The van der Waals surface area contributed by atoms with Gasteiger partial charge < -0.3 is 9.29 Å². The molecule has 0 bridgehead atoms. The minimum atomic E-state index is -1.38. The summed E-state index contributed by atoms with van der Waals surface area (Å²) >= 11 is 2.14. The first-order valence-electron chi connectivity index (χ1n) is 3.19. The summed E-state index contributed by atoms with van der Waals surface area (Å²) < 4.78 is 3.64. The summed E-state index contributed by atoms with van der Waals surface area (Å²) in [6.07, 6.45) is -1.38. The lowest BCUT2D eigenvalue weighted by Gasteiger charge is -1.81. The second-order valence-electron chi connectivity index (χ2n) is 1.96. The van der Waals surface area contributed by atoms with Gasteiger partial charge in [0.05, 0.1) is 0 Å². The highest BCUT2D eigenvalue weighted by Crippen LogP contribution is 2.47. The van der Waals surface area contributed by atoms with Gasteiger partial charge in [-0.2, -0.15) is 0 Å². The molecule has 1 heterocycles. The van der Waals surface area contributed by atoms with Gasteiger partial charge >= 0.3 is 6.16 Å². The smallest absolute Gasteiger partial charge is 0.449 e. The molecule has 1 N–H and O–H groups in total. The number of hydrogen-bond acceptors (Lipinski definition) is 4. The quantitative estimate of drug-likeness (QED) is 0.605. The summed E-state index contributed by atoms with van der Waals surface area (Å²) in [7, 11) is 4.71. The average Bonchev–Trinajstić information content (AvgIpc) is 2.82. The molecule has 2 rings (SSSR count). The van der Waals surface area contributed by atoms with E-state index in [9.17, 15) is 4.79 Å². The van der Waals surface area contributed by atoms with E-state index in [1.165, 1.54) is 9.79 Å². The molecule has 0 fully saturated rings. The van der Waals surface area contributed by atoms with Crippen LogP contribution in [0.15, 0.2) is 34.1 Å². The largest absolute Gasteiger partial charge is 0.519 e. The molecule has 6 heteroatoms. The van der Waals surface area contributed by atoms with Crippen molar-refractivity contribution >= 4 is 39.9 Å². The van der Waals surface area contributed by atoms with Crippen LogP contribution in [-0.4, -0.2) is 11.3 Å². The maximum atomic E-state index is 9.27. The van der Waals surface area contributed by atoms with Gasteiger partial charge in [-0.15, -0.1) is 0 Å². The molecule has 0 aromatic heterocycles. The standard InChI is InChI=1S/C6H4S.CHClO3S/c1-2-4-6-5(3-1)7-6;2-6-5-1(3)4/h1-4H;(H,3,4). The van der Waals surface area contributed by atoms with Gasteiger partial charge in [-0.05, 0) is 12.1 Å². The molecular formula is C7H5ClO3S2. The van der Waals surface area contributed by atoms with Crippen LogP contribution >= 0.6 is 33.7 Å². The van der Waals surface area contributed by atoms with E-state index in [-0.39, 0.29) is 11.3 Å². The van der Waals surface area contributed by atoms with Crippen molar-refractivity contribution in [2.75, 3.05) is 0 Å². The van der Waals surface area contributed by atoms with Crippen molar-refractivity contribution < 1.29 is 14.1 Å². The summed E-state index contributed by atoms with van der Waals surface area (Å²) in [6.45, 7) is 0. The summed E-state index contributed by atoms with van der Waals surface area (Å²) in [4.78, 5) is 12.2. The molecule has 0 amide bonds. The van der Waals surface area contributed by atoms with Crippen molar-refractivity contribution in [1.29, 1.82) is 0 Å². The Balaban J connectivity index is 0.000000133. The zero-order valence-electron chi connectivity index (χ0n) is 6.27. The Morgan fingerprint density at radius 3 is 2.23 bits per heavy atom. The molecule has 1 aliphatic rings. The maximum absolute atomic E-state index is 9.27. The van der Waals surface area contributed by atoms with Gasteiger partial charge in [0.2, 0.25) is 0 Å². The minimum Gasteiger partial charge on any atom is -0.449 e. The highest BCUT2D eigenvalue weighted by Gasteiger charge is 2.14. The molecule has 0 aliphatic carbocycles. The van der Waals surface area contributed by atoms with Crippen molar-refractivity contribution in [3.05, 3.63) is 24.3 Å². The van der Waals surface area contributed by atoms with Crippen LogP contribution < -0.4 is 0 Å². The predicted octanol–water partition coefficient (Wildman–Crippen LogP) is 3.63. The fraction of sp³-hybridized carbons (Fsp3) is 0. The number of fused-ring (bicyclic) bond motifs is 1.